The van der Waals surface area contributed by atoms with Crippen molar-refractivity contribution in [2.24, 2.45) is 10.9 Å². The predicted octanol–water partition coefficient (Wildman–Crippen LogP) is 3.42. The molecule has 0 aliphatic heterocycles. The first-order valence-corrected chi connectivity index (χ1v) is 12.3. The van der Waals surface area contributed by atoms with Gasteiger partial charge in [0.15, 0.2) is 5.96 Å². The van der Waals surface area contributed by atoms with Crippen molar-refractivity contribution in [2.45, 2.75) is 38.1 Å². The molecule has 6 nitrogen and oxygen atoms in total. The van der Waals surface area contributed by atoms with Crippen molar-refractivity contribution >= 4 is 51.5 Å². The van der Waals surface area contributed by atoms with E-state index < -0.39 is 9.84 Å². The van der Waals surface area contributed by atoms with Crippen LogP contribution in [0.3, 0.4) is 0 Å². The molecule has 1 aromatic carbocycles. The van der Waals surface area contributed by atoms with E-state index in [1.54, 1.807) is 18.9 Å². The number of hydrogen-bond donors (Lipinski definition) is 2. The number of sulfone groups is 1. The van der Waals surface area contributed by atoms with E-state index in [4.69, 9.17) is 4.74 Å². The number of benzene rings is 1. The number of guanidine groups is 1. The molecule has 2 N–H and O–H groups in total. The summed E-state index contributed by atoms with van der Waals surface area (Å²) in [4.78, 5) is 5.79. The normalized spacial score (nSPS) is 14.0. The summed E-state index contributed by atoms with van der Waals surface area (Å²) in [6.07, 6.45) is 1.82. The molecule has 2 unspecified atom stereocenters. The summed E-state index contributed by atoms with van der Waals surface area (Å²) < 4.78 is 28.0. The summed E-state index contributed by atoms with van der Waals surface area (Å²) in [5.74, 6) is 3.13. The van der Waals surface area contributed by atoms with Gasteiger partial charge in [-0.3, -0.25) is 4.99 Å². The third kappa shape index (κ3) is 12.0. The minimum absolute atomic E-state index is 0. The van der Waals surface area contributed by atoms with E-state index in [0.717, 1.165) is 28.9 Å². The van der Waals surface area contributed by atoms with Crippen molar-refractivity contribution in [2.75, 3.05) is 38.0 Å². The van der Waals surface area contributed by atoms with Gasteiger partial charge in [-0.05, 0) is 38.3 Å². The maximum absolute atomic E-state index is 11.3. The Kier molecular flexibility index (Phi) is 14.0. The van der Waals surface area contributed by atoms with Crippen LogP contribution >= 0.6 is 35.7 Å². The molecule has 0 fully saturated rings. The second-order valence-electron chi connectivity index (χ2n) is 6.75. The largest absolute Gasteiger partial charge is 0.496 e. The molecule has 0 heterocycles. The number of para-hydroxylation sites is 1. The Morgan fingerprint density at radius 3 is 2.57 bits per heavy atom. The second kappa shape index (κ2) is 14.3. The Bertz CT molecular complexity index is 699. The first-order chi connectivity index (χ1) is 12.7. The van der Waals surface area contributed by atoms with Gasteiger partial charge in [-0.15, -0.1) is 35.7 Å². The van der Waals surface area contributed by atoms with E-state index in [-0.39, 0.29) is 35.8 Å². The predicted molar refractivity (Wildman–Crippen MR) is 131 cm³/mol. The van der Waals surface area contributed by atoms with Gasteiger partial charge >= 0.3 is 0 Å². The van der Waals surface area contributed by atoms with Crippen LogP contribution in [0.2, 0.25) is 0 Å². The third-order valence-corrected chi connectivity index (χ3v) is 6.16. The SMILES string of the molecule is CCNC(=NCC(C)CSc1ccccc1OC)NC(C)CCS(C)(=O)=O.I. The molecule has 0 amide bonds. The van der Waals surface area contributed by atoms with Crippen LogP contribution in [0, 0.1) is 5.92 Å². The maximum atomic E-state index is 11.3. The van der Waals surface area contributed by atoms with Crippen LogP contribution in [0.5, 0.6) is 5.75 Å². The Balaban J connectivity index is 0.00000729. The first-order valence-electron chi connectivity index (χ1n) is 9.23. The number of rotatable bonds is 11. The van der Waals surface area contributed by atoms with Gasteiger partial charge in [0.1, 0.15) is 15.6 Å². The molecular weight excluding hydrogens is 509 g/mol. The smallest absolute Gasteiger partial charge is 0.191 e. The quantitative estimate of drug-likeness (QED) is 0.193. The van der Waals surface area contributed by atoms with Gasteiger partial charge in [0, 0.05) is 36.0 Å². The molecule has 0 saturated carbocycles. The third-order valence-electron chi connectivity index (χ3n) is 3.80. The van der Waals surface area contributed by atoms with Crippen molar-refractivity contribution in [3.8, 4) is 5.75 Å². The van der Waals surface area contributed by atoms with Crippen LogP contribution in [0.4, 0.5) is 0 Å². The fourth-order valence-corrected chi connectivity index (χ4v) is 4.11. The van der Waals surface area contributed by atoms with E-state index in [2.05, 4.69) is 28.6 Å². The van der Waals surface area contributed by atoms with E-state index in [9.17, 15) is 8.42 Å². The lowest BCUT2D eigenvalue weighted by Crippen LogP contribution is -2.43. The number of thioether (sulfide) groups is 1. The summed E-state index contributed by atoms with van der Waals surface area (Å²) >= 11 is 1.77. The van der Waals surface area contributed by atoms with Crippen LogP contribution in [-0.4, -0.2) is 58.4 Å². The Morgan fingerprint density at radius 1 is 1.29 bits per heavy atom. The molecule has 0 aliphatic carbocycles. The number of nitrogens with zero attached hydrogens (tertiary/aromatic N) is 1. The minimum Gasteiger partial charge on any atom is -0.496 e. The summed E-state index contributed by atoms with van der Waals surface area (Å²) in [6, 6.07) is 8.05. The molecule has 1 aromatic rings. The summed E-state index contributed by atoms with van der Waals surface area (Å²) in [5.41, 5.74) is 0. The fourth-order valence-electron chi connectivity index (χ4n) is 2.29. The van der Waals surface area contributed by atoms with Gasteiger partial charge < -0.3 is 15.4 Å². The number of methoxy groups -OCH3 is 1. The van der Waals surface area contributed by atoms with Gasteiger partial charge in [-0.2, -0.15) is 0 Å². The monoisotopic (exact) mass is 543 g/mol. The Hall–Kier alpha value is -0.680. The van der Waals surface area contributed by atoms with Crippen LogP contribution in [-0.2, 0) is 9.84 Å². The van der Waals surface area contributed by atoms with E-state index in [1.165, 1.54) is 6.26 Å². The number of hydrogen-bond acceptors (Lipinski definition) is 5. The van der Waals surface area contributed by atoms with Crippen LogP contribution < -0.4 is 15.4 Å². The highest BCUT2D eigenvalue weighted by Gasteiger charge is 2.11. The molecule has 0 spiro atoms. The van der Waals surface area contributed by atoms with Crippen molar-refractivity contribution in [3.63, 3.8) is 0 Å². The van der Waals surface area contributed by atoms with E-state index in [0.29, 0.717) is 18.9 Å². The lowest BCUT2D eigenvalue weighted by molar-refractivity contribution is 0.405. The maximum Gasteiger partial charge on any atom is 0.191 e. The van der Waals surface area contributed by atoms with Crippen molar-refractivity contribution in [1.29, 1.82) is 0 Å². The molecule has 162 valence electrons. The summed E-state index contributed by atoms with van der Waals surface area (Å²) in [7, 11) is -1.26. The second-order valence-corrected chi connectivity index (χ2v) is 10.1. The van der Waals surface area contributed by atoms with Gasteiger partial charge in [-0.1, -0.05) is 19.1 Å². The lowest BCUT2D eigenvalue weighted by atomic mass is 10.2. The topological polar surface area (TPSA) is 79.8 Å². The molecule has 9 heteroatoms. The number of aliphatic imine (C=N–C) groups is 1. The molecule has 0 aliphatic rings. The van der Waals surface area contributed by atoms with Gasteiger partial charge in [0.25, 0.3) is 0 Å². The average Bonchev–Trinajstić information content (AvgIpc) is 2.62. The summed E-state index contributed by atoms with van der Waals surface area (Å²) in [6.45, 7) is 7.60. The molecule has 28 heavy (non-hydrogen) atoms. The molecular formula is C19H34IN3O3S2. The van der Waals surface area contributed by atoms with Crippen molar-refractivity contribution < 1.29 is 13.2 Å². The highest BCUT2D eigenvalue weighted by Crippen LogP contribution is 2.29. The number of nitrogens with one attached hydrogen (secondary N) is 2. The molecule has 0 bridgehead atoms. The summed E-state index contributed by atoms with van der Waals surface area (Å²) in [5, 5.41) is 6.51. The van der Waals surface area contributed by atoms with Crippen LogP contribution in [0.1, 0.15) is 27.2 Å². The minimum atomic E-state index is -2.95. The molecule has 1 rings (SSSR count). The highest BCUT2D eigenvalue weighted by atomic mass is 127. The number of ether oxygens (including phenoxy) is 1. The molecule has 2 atom stereocenters. The number of halogens is 1. The van der Waals surface area contributed by atoms with Crippen LogP contribution in [0.25, 0.3) is 0 Å². The zero-order valence-electron chi connectivity index (χ0n) is 17.4. The molecule has 0 radical (unpaired) electrons. The zero-order chi connectivity index (χ0) is 20.3. The van der Waals surface area contributed by atoms with E-state index in [1.807, 2.05) is 32.0 Å². The lowest BCUT2D eigenvalue weighted by Gasteiger charge is -2.18. The van der Waals surface area contributed by atoms with Gasteiger partial charge in [0.2, 0.25) is 0 Å². The Morgan fingerprint density at radius 2 is 1.96 bits per heavy atom. The zero-order valence-corrected chi connectivity index (χ0v) is 21.4. The van der Waals surface area contributed by atoms with Gasteiger partial charge in [-0.25, -0.2) is 8.42 Å². The molecule has 0 saturated heterocycles. The highest BCUT2D eigenvalue weighted by molar-refractivity contribution is 14.0. The standard InChI is InChI=1S/C19H33N3O3S2.HI/c1-6-20-19(22-16(3)11-12-27(5,23)24)21-13-15(2)14-26-18-10-8-7-9-17(18)25-4;/h7-10,15-16H,6,11-14H2,1-5H3,(H2,20,21,22);1H. The van der Waals surface area contributed by atoms with Gasteiger partial charge in [0.05, 0.1) is 12.9 Å². The average molecular weight is 544 g/mol. The Labute approximate surface area is 191 Å². The van der Waals surface area contributed by atoms with Crippen molar-refractivity contribution in [3.05, 3.63) is 24.3 Å². The molecule has 0 aromatic heterocycles. The van der Waals surface area contributed by atoms with Crippen molar-refractivity contribution in [1.82, 2.24) is 10.6 Å². The first kappa shape index (κ1) is 27.3. The van der Waals surface area contributed by atoms with Crippen LogP contribution in [0.15, 0.2) is 34.2 Å². The van der Waals surface area contributed by atoms with E-state index >= 15 is 0 Å². The fraction of sp³-hybridized carbons (Fsp3) is 0.632.